The van der Waals surface area contributed by atoms with Crippen LogP contribution in [-0.2, 0) is 14.6 Å². The average Bonchev–Trinajstić information content (AvgIpc) is 2.39. The maximum Gasteiger partial charge on any atom is 0.185 e. The molecule has 0 unspecified atom stereocenters. The molecule has 1 aliphatic heterocycles. The molecule has 0 N–H and O–H groups in total. The third-order valence-corrected chi connectivity index (χ3v) is 5.44. The molecule has 0 bridgehead atoms. The molecule has 4 heteroatoms. The molecule has 1 aliphatic rings. The topological polar surface area (TPSA) is 43.4 Å². The first-order valence-corrected chi connectivity index (χ1v) is 7.73. The lowest BCUT2D eigenvalue weighted by Crippen LogP contribution is -2.31. The molecule has 1 heterocycles. The molecule has 3 nitrogen and oxygen atoms in total. The average molecular weight is 266 g/mol. The van der Waals surface area contributed by atoms with Crippen LogP contribution in [0.1, 0.15) is 26.7 Å². The highest BCUT2D eigenvalue weighted by Gasteiger charge is 2.34. The highest BCUT2D eigenvalue weighted by Crippen LogP contribution is 2.30. The van der Waals surface area contributed by atoms with Crippen LogP contribution in [0.4, 0.5) is 0 Å². The Morgan fingerprint density at radius 3 is 2.56 bits per heavy atom. The van der Waals surface area contributed by atoms with Crippen molar-refractivity contribution >= 4 is 9.84 Å². The van der Waals surface area contributed by atoms with E-state index in [4.69, 9.17) is 4.74 Å². The van der Waals surface area contributed by atoms with Crippen molar-refractivity contribution in [1.82, 2.24) is 0 Å². The predicted octanol–water partition coefficient (Wildman–Crippen LogP) is 2.93. The molecular formula is C14H18O3S. The lowest BCUT2D eigenvalue weighted by atomic mass is 10.0. The van der Waals surface area contributed by atoms with E-state index >= 15 is 0 Å². The summed E-state index contributed by atoms with van der Waals surface area (Å²) in [5.41, 5.74) is 0.858. The fourth-order valence-corrected chi connectivity index (χ4v) is 4.21. The number of ether oxygens (including phenoxy) is 1. The Hall–Kier alpha value is -1.29. The van der Waals surface area contributed by atoms with Gasteiger partial charge in [-0.15, -0.1) is 0 Å². The quantitative estimate of drug-likeness (QED) is 0.845. The standard InChI is InChI=1S/C14H18O3S/c1-3-12-10-17-11(2)9-14(12)18(15,16)13-7-5-4-6-8-13/h4-8,10-11,14H,3,9H2,1-2H3/t11-,14+/m1/s1. The molecule has 0 aliphatic carbocycles. The van der Waals surface area contributed by atoms with Gasteiger partial charge in [-0.3, -0.25) is 0 Å². The van der Waals surface area contributed by atoms with Crippen LogP contribution < -0.4 is 0 Å². The minimum Gasteiger partial charge on any atom is -0.498 e. The van der Waals surface area contributed by atoms with Crippen LogP contribution in [0.15, 0.2) is 47.1 Å². The second kappa shape index (κ2) is 5.14. The predicted molar refractivity (Wildman–Crippen MR) is 71.0 cm³/mol. The van der Waals surface area contributed by atoms with Gasteiger partial charge < -0.3 is 4.74 Å². The monoisotopic (exact) mass is 266 g/mol. The molecule has 0 radical (unpaired) electrons. The van der Waals surface area contributed by atoms with Crippen molar-refractivity contribution in [2.75, 3.05) is 0 Å². The van der Waals surface area contributed by atoms with Gasteiger partial charge in [0.15, 0.2) is 9.84 Å². The number of sulfone groups is 1. The van der Waals surface area contributed by atoms with Gasteiger partial charge in [0, 0.05) is 6.42 Å². The Bertz CT molecular complexity index is 531. The van der Waals surface area contributed by atoms with Gasteiger partial charge in [-0.25, -0.2) is 8.42 Å². The van der Waals surface area contributed by atoms with E-state index in [2.05, 4.69) is 0 Å². The third kappa shape index (κ3) is 2.43. The van der Waals surface area contributed by atoms with E-state index < -0.39 is 15.1 Å². The molecule has 1 aromatic carbocycles. The molecule has 0 fully saturated rings. The van der Waals surface area contributed by atoms with Gasteiger partial charge in [-0.1, -0.05) is 25.1 Å². The van der Waals surface area contributed by atoms with Gasteiger partial charge >= 0.3 is 0 Å². The van der Waals surface area contributed by atoms with Crippen molar-refractivity contribution in [3.63, 3.8) is 0 Å². The van der Waals surface area contributed by atoms with E-state index in [9.17, 15) is 8.42 Å². The number of rotatable bonds is 3. The van der Waals surface area contributed by atoms with E-state index in [1.165, 1.54) is 0 Å². The third-order valence-electron chi connectivity index (χ3n) is 3.27. The fourth-order valence-electron chi connectivity index (χ4n) is 2.20. The van der Waals surface area contributed by atoms with E-state index in [-0.39, 0.29) is 6.10 Å². The smallest absolute Gasteiger partial charge is 0.185 e. The summed E-state index contributed by atoms with van der Waals surface area (Å²) in [4.78, 5) is 0.392. The number of hydrogen-bond acceptors (Lipinski definition) is 3. The molecule has 0 amide bonds. The van der Waals surface area contributed by atoms with Gasteiger partial charge in [0.1, 0.15) is 0 Å². The first kappa shape index (κ1) is 13.1. The van der Waals surface area contributed by atoms with Crippen LogP contribution in [-0.4, -0.2) is 19.8 Å². The van der Waals surface area contributed by atoms with Crippen molar-refractivity contribution in [2.24, 2.45) is 0 Å². The van der Waals surface area contributed by atoms with Crippen molar-refractivity contribution in [3.05, 3.63) is 42.2 Å². The van der Waals surface area contributed by atoms with Crippen LogP contribution in [0.2, 0.25) is 0 Å². The molecule has 98 valence electrons. The lowest BCUT2D eigenvalue weighted by molar-refractivity contribution is 0.136. The lowest BCUT2D eigenvalue weighted by Gasteiger charge is -2.28. The van der Waals surface area contributed by atoms with Crippen molar-refractivity contribution in [1.29, 1.82) is 0 Å². The van der Waals surface area contributed by atoms with Crippen molar-refractivity contribution in [3.8, 4) is 0 Å². The summed E-state index contributed by atoms with van der Waals surface area (Å²) in [5, 5.41) is -0.450. The van der Waals surface area contributed by atoms with Crippen LogP contribution in [0.25, 0.3) is 0 Å². The summed E-state index contributed by atoms with van der Waals surface area (Å²) in [7, 11) is -3.30. The van der Waals surface area contributed by atoms with Crippen LogP contribution in [0.3, 0.4) is 0 Å². The van der Waals surface area contributed by atoms with E-state index in [1.807, 2.05) is 19.9 Å². The minimum atomic E-state index is -3.30. The summed E-state index contributed by atoms with van der Waals surface area (Å²) in [6.45, 7) is 3.86. The number of benzene rings is 1. The number of hydrogen-bond donors (Lipinski definition) is 0. The van der Waals surface area contributed by atoms with Gasteiger partial charge in [0.25, 0.3) is 0 Å². The summed E-state index contributed by atoms with van der Waals surface area (Å²) in [6.07, 6.45) is 2.79. The van der Waals surface area contributed by atoms with Crippen molar-refractivity contribution < 1.29 is 13.2 Å². The Morgan fingerprint density at radius 2 is 1.94 bits per heavy atom. The summed E-state index contributed by atoms with van der Waals surface area (Å²) < 4.78 is 30.6. The Labute approximate surface area is 108 Å². The Kier molecular flexibility index (Phi) is 3.76. The Balaban J connectivity index is 2.41. The maximum atomic E-state index is 12.6. The molecule has 0 saturated heterocycles. The highest BCUT2D eigenvalue weighted by molar-refractivity contribution is 7.92. The largest absolute Gasteiger partial charge is 0.498 e. The molecule has 0 aromatic heterocycles. The SMILES string of the molecule is CCC1=CO[C@H](C)C[C@@H]1S(=O)(=O)c1ccccc1. The highest BCUT2D eigenvalue weighted by atomic mass is 32.2. The second-order valence-corrected chi connectivity index (χ2v) is 6.71. The molecule has 2 atom stereocenters. The second-order valence-electron chi connectivity index (χ2n) is 4.58. The van der Waals surface area contributed by atoms with E-state index in [1.54, 1.807) is 30.5 Å². The molecular weight excluding hydrogens is 248 g/mol. The normalized spacial score (nSPS) is 24.2. The fraction of sp³-hybridized carbons (Fsp3) is 0.429. The van der Waals surface area contributed by atoms with Gasteiger partial charge in [0.2, 0.25) is 0 Å². The van der Waals surface area contributed by atoms with Gasteiger partial charge in [0.05, 0.1) is 22.5 Å². The molecule has 0 spiro atoms. The minimum absolute atomic E-state index is 0.0520. The van der Waals surface area contributed by atoms with Crippen LogP contribution in [0.5, 0.6) is 0 Å². The summed E-state index contributed by atoms with van der Waals surface area (Å²) >= 11 is 0. The van der Waals surface area contributed by atoms with Gasteiger partial charge in [-0.05, 0) is 31.1 Å². The maximum absolute atomic E-state index is 12.6. The summed E-state index contributed by atoms with van der Waals surface area (Å²) in [6, 6.07) is 8.64. The summed E-state index contributed by atoms with van der Waals surface area (Å²) in [5.74, 6) is 0. The van der Waals surface area contributed by atoms with Crippen LogP contribution >= 0.6 is 0 Å². The zero-order valence-corrected chi connectivity index (χ0v) is 11.5. The zero-order chi connectivity index (χ0) is 13.2. The molecule has 0 saturated carbocycles. The Morgan fingerprint density at radius 1 is 1.28 bits per heavy atom. The zero-order valence-electron chi connectivity index (χ0n) is 10.7. The molecule has 2 rings (SSSR count). The molecule has 1 aromatic rings. The van der Waals surface area contributed by atoms with E-state index in [0.29, 0.717) is 17.7 Å². The first-order chi connectivity index (χ1) is 8.55. The molecule has 18 heavy (non-hydrogen) atoms. The van der Waals surface area contributed by atoms with Crippen molar-refractivity contribution in [2.45, 2.75) is 42.9 Å². The van der Waals surface area contributed by atoms with Crippen LogP contribution in [0, 0.1) is 0 Å². The first-order valence-electron chi connectivity index (χ1n) is 6.19. The van der Waals surface area contributed by atoms with E-state index in [0.717, 1.165) is 5.57 Å². The van der Waals surface area contributed by atoms with Gasteiger partial charge in [-0.2, -0.15) is 0 Å².